The molecule has 0 N–H and O–H groups in total. The number of esters is 1. The topological polar surface area (TPSA) is 82.4 Å². The summed E-state index contributed by atoms with van der Waals surface area (Å²) in [5.74, 6) is 0.577. The Balaban J connectivity index is 1.92. The molecule has 1 aliphatic rings. The van der Waals surface area contributed by atoms with Crippen molar-refractivity contribution in [2.24, 2.45) is 4.99 Å². The van der Waals surface area contributed by atoms with E-state index < -0.39 is 12.0 Å². The number of thiazole rings is 1. The van der Waals surface area contributed by atoms with Crippen molar-refractivity contribution < 1.29 is 19.0 Å². The highest BCUT2D eigenvalue weighted by atomic mass is 32.1. The summed E-state index contributed by atoms with van der Waals surface area (Å²) in [5.41, 5.74) is 3.19. The number of carbonyl (C=O) groups excluding carboxylic acids is 1. The van der Waals surface area contributed by atoms with Crippen LogP contribution in [0.5, 0.6) is 11.5 Å². The Morgan fingerprint density at radius 3 is 2.39 bits per heavy atom. The highest BCUT2D eigenvalue weighted by Crippen LogP contribution is 2.37. The molecule has 9 heteroatoms. The first-order valence-electron chi connectivity index (χ1n) is 12.6. The summed E-state index contributed by atoms with van der Waals surface area (Å²) < 4.78 is 18.6. The van der Waals surface area contributed by atoms with Crippen LogP contribution in [0.3, 0.4) is 0 Å². The molecule has 1 aromatic heterocycles. The molecule has 0 amide bonds. The first-order valence-corrected chi connectivity index (χ1v) is 13.4. The Labute approximate surface area is 226 Å². The number of rotatable bonds is 9. The Kier molecular flexibility index (Phi) is 8.36. The van der Waals surface area contributed by atoms with Crippen LogP contribution in [0.25, 0.3) is 6.08 Å². The zero-order chi connectivity index (χ0) is 27.4. The van der Waals surface area contributed by atoms with Gasteiger partial charge in [0.15, 0.2) is 4.80 Å². The summed E-state index contributed by atoms with van der Waals surface area (Å²) >= 11 is 1.29. The number of carbonyl (C=O) groups is 1. The molecule has 3 aromatic rings. The molecular formula is C29H33N3O5S. The maximum atomic E-state index is 13.9. The van der Waals surface area contributed by atoms with Crippen molar-refractivity contribution in [3.8, 4) is 11.5 Å². The maximum absolute atomic E-state index is 13.9. The van der Waals surface area contributed by atoms with Gasteiger partial charge < -0.3 is 19.1 Å². The summed E-state index contributed by atoms with van der Waals surface area (Å²) in [7, 11) is 3.12. The minimum Gasteiger partial charge on any atom is -0.497 e. The van der Waals surface area contributed by atoms with E-state index in [1.54, 1.807) is 50.8 Å². The second-order valence-electron chi connectivity index (χ2n) is 8.67. The quantitative estimate of drug-likeness (QED) is 0.389. The van der Waals surface area contributed by atoms with Crippen molar-refractivity contribution in [2.45, 2.75) is 33.7 Å². The standard InChI is InChI=1S/C29H33N3O5S/c1-7-31(8-2)20-12-10-19(11-13-20)16-24-27(33)32-26(22-17-21(35-5)14-15-23(22)36-6)25(28(34)37-9-3)18(4)30-29(32)38-24/h10-17,26H,7-9H2,1-6H3/b24-16-/t26-/m0/s1. The normalized spacial score (nSPS) is 15.1. The van der Waals surface area contributed by atoms with Gasteiger partial charge in [0.25, 0.3) is 5.56 Å². The third kappa shape index (κ3) is 5.11. The predicted octanol–water partition coefficient (Wildman–Crippen LogP) is 3.66. The average Bonchev–Trinajstić information content (AvgIpc) is 3.23. The molecule has 1 aliphatic heterocycles. The Hall–Kier alpha value is -3.85. The number of aromatic nitrogens is 1. The molecule has 0 bridgehead atoms. The zero-order valence-corrected chi connectivity index (χ0v) is 23.4. The lowest BCUT2D eigenvalue weighted by atomic mass is 9.94. The minimum atomic E-state index is -0.789. The molecular weight excluding hydrogens is 502 g/mol. The van der Waals surface area contributed by atoms with Crippen molar-refractivity contribution in [2.75, 3.05) is 38.8 Å². The van der Waals surface area contributed by atoms with E-state index in [4.69, 9.17) is 14.2 Å². The van der Waals surface area contributed by atoms with E-state index >= 15 is 0 Å². The lowest BCUT2D eigenvalue weighted by molar-refractivity contribution is -0.139. The van der Waals surface area contributed by atoms with E-state index in [2.05, 4.69) is 35.9 Å². The SMILES string of the molecule is CCOC(=O)C1=C(C)N=c2s/c(=C\c3ccc(N(CC)CC)cc3)c(=O)n2[C@H]1c1cc(OC)ccc1OC. The lowest BCUT2D eigenvalue weighted by Crippen LogP contribution is -2.40. The maximum Gasteiger partial charge on any atom is 0.338 e. The molecule has 0 unspecified atom stereocenters. The number of fused-ring (bicyclic) bond motifs is 1. The number of anilines is 1. The second kappa shape index (κ2) is 11.7. The van der Waals surface area contributed by atoms with Crippen molar-refractivity contribution >= 4 is 29.1 Å². The van der Waals surface area contributed by atoms with Gasteiger partial charge in [-0.15, -0.1) is 0 Å². The van der Waals surface area contributed by atoms with Crippen molar-refractivity contribution in [3.05, 3.63) is 84.5 Å². The third-order valence-electron chi connectivity index (χ3n) is 6.57. The molecule has 0 saturated heterocycles. The van der Waals surface area contributed by atoms with Crippen LogP contribution in [0.4, 0.5) is 5.69 Å². The lowest BCUT2D eigenvalue weighted by Gasteiger charge is -2.26. The van der Waals surface area contributed by atoms with E-state index in [-0.39, 0.29) is 12.2 Å². The molecule has 0 fully saturated rings. The Morgan fingerprint density at radius 1 is 1.08 bits per heavy atom. The van der Waals surface area contributed by atoms with Crippen molar-refractivity contribution in [1.82, 2.24) is 4.57 Å². The van der Waals surface area contributed by atoms with Gasteiger partial charge in [-0.1, -0.05) is 23.5 Å². The predicted molar refractivity (Wildman–Crippen MR) is 150 cm³/mol. The highest BCUT2D eigenvalue weighted by molar-refractivity contribution is 7.07. The molecule has 2 heterocycles. The van der Waals surface area contributed by atoms with E-state index in [0.717, 1.165) is 24.3 Å². The van der Waals surface area contributed by atoms with Crippen LogP contribution >= 0.6 is 11.3 Å². The molecule has 38 heavy (non-hydrogen) atoms. The first kappa shape index (κ1) is 27.2. The third-order valence-corrected chi connectivity index (χ3v) is 7.55. The molecule has 200 valence electrons. The van der Waals surface area contributed by atoms with Gasteiger partial charge in [0.05, 0.1) is 36.6 Å². The fourth-order valence-corrected chi connectivity index (χ4v) is 5.71. The fraction of sp³-hybridized carbons (Fsp3) is 0.345. The number of hydrogen-bond acceptors (Lipinski definition) is 8. The van der Waals surface area contributed by atoms with E-state index in [0.29, 0.717) is 37.7 Å². The highest BCUT2D eigenvalue weighted by Gasteiger charge is 2.35. The van der Waals surface area contributed by atoms with Gasteiger partial charge in [-0.3, -0.25) is 9.36 Å². The summed E-state index contributed by atoms with van der Waals surface area (Å²) in [4.78, 5) is 34.5. The number of allylic oxidation sites excluding steroid dienone is 1. The van der Waals surface area contributed by atoms with Crippen LogP contribution in [0.2, 0.25) is 0 Å². The molecule has 0 spiro atoms. The Morgan fingerprint density at radius 2 is 1.79 bits per heavy atom. The summed E-state index contributed by atoms with van der Waals surface area (Å²) in [6.45, 7) is 9.79. The molecule has 2 aromatic carbocycles. The zero-order valence-electron chi connectivity index (χ0n) is 22.6. The van der Waals surface area contributed by atoms with Crippen LogP contribution in [-0.4, -0.2) is 44.5 Å². The first-order chi connectivity index (χ1) is 18.4. The number of ether oxygens (including phenoxy) is 3. The van der Waals surface area contributed by atoms with Crippen LogP contribution < -0.4 is 29.3 Å². The number of benzene rings is 2. The van der Waals surface area contributed by atoms with Crippen LogP contribution in [0.1, 0.15) is 44.9 Å². The molecule has 0 saturated carbocycles. The van der Waals surface area contributed by atoms with Gasteiger partial charge in [0.1, 0.15) is 17.5 Å². The van der Waals surface area contributed by atoms with Crippen LogP contribution in [-0.2, 0) is 9.53 Å². The minimum absolute atomic E-state index is 0.200. The molecule has 0 aliphatic carbocycles. The molecule has 4 rings (SSSR count). The van der Waals surface area contributed by atoms with Gasteiger partial charge in [-0.05, 0) is 69.7 Å². The van der Waals surface area contributed by atoms with Crippen LogP contribution in [0, 0.1) is 0 Å². The summed E-state index contributed by atoms with van der Waals surface area (Å²) in [6.07, 6.45) is 1.86. The molecule has 8 nitrogen and oxygen atoms in total. The number of methoxy groups -OCH3 is 2. The van der Waals surface area contributed by atoms with E-state index in [9.17, 15) is 9.59 Å². The van der Waals surface area contributed by atoms with Gasteiger partial charge >= 0.3 is 5.97 Å². The van der Waals surface area contributed by atoms with Gasteiger partial charge in [-0.2, -0.15) is 0 Å². The van der Waals surface area contributed by atoms with Gasteiger partial charge in [-0.25, -0.2) is 9.79 Å². The van der Waals surface area contributed by atoms with Crippen molar-refractivity contribution in [1.29, 1.82) is 0 Å². The van der Waals surface area contributed by atoms with Crippen LogP contribution in [0.15, 0.2) is 63.5 Å². The monoisotopic (exact) mass is 535 g/mol. The van der Waals surface area contributed by atoms with Crippen molar-refractivity contribution in [3.63, 3.8) is 0 Å². The summed E-state index contributed by atoms with van der Waals surface area (Å²) in [6, 6.07) is 12.7. The van der Waals surface area contributed by atoms with E-state index in [1.165, 1.54) is 11.3 Å². The van der Waals surface area contributed by atoms with Gasteiger partial charge in [0, 0.05) is 24.3 Å². The summed E-state index contributed by atoms with van der Waals surface area (Å²) in [5, 5.41) is 0. The largest absolute Gasteiger partial charge is 0.497 e. The van der Waals surface area contributed by atoms with Gasteiger partial charge in [0.2, 0.25) is 0 Å². The smallest absolute Gasteiger partial charge is 0.338 e. The molecule has 0 radical (unpaired) electrons. The fourth-order valence-electron chi connectivity index (χ4n) is 4.66. The second-order valence-corrected chi connectivity index (χ2v) is 9.68. The van der Waals surface area contributed by atoms with E-state index in [1.807, 2.05) is 18.2 Å². The molecule has 1 atom stereocenters. The number of hydrogen-bond donors (Lipinski definition) is 0. The number of nitrogens with zero attached hydrogens (tertiary/aromatic N) is 3. The average molecular weight is 536 g/mol. The Bertz CT molecular complexity index is 1530.